The maximum absolute atomic E-state index is 12.5. The van der Waals surface area contributed by atoms with Crippen molar-refractivity contribution in [2.24, 2.45) is 0 Å². The third-order valence-corrected chi connectivity index (χ3v) is 5.35. The van der Waals surface area contributed by atoms with Gasteiger partial charge >= 0.3 is 0 Å². The minimum Gasteiger partial charge on any atom is -0.348 e. The van der Waals surface area contributed by atoms with Gasteiger partial charge in [-0.25, -0.2) is 4.67 Å². The zero-order chi connectivity index (χ0) is 15.6. The number of nitrogens with zero attached hydrogens (tertiary/aromatic N) is 2. The average molecular weight is 309 g/mol. The Bertz CT molecular complexity index is 368. The molecule has 20 heavy (non-hydrogen) atoms. The van der Waals surface area contributed by atoms with Crippen molar-refractivity contribution in [1.82, 2.24) is 4.67 Å². The van der Waals surface area contributed by atoms with Gasteiger partial charge in [-0.3, -0.25) is 4.57 Å². The van der Waals surface area contributed by atoms with Crippen LogP contribution < -0.4 is 0 Å². The minimum absolute atomic E-state index is 0.148. The van der Waals surface area contributed by atoms with Crippen LogP contribution in [-0.4, -0.2) is 82.2 Å². The Morgan fingerprint density at radius 3 is 2.45 bits per heavy atom. The highest BCUT2D eigenvalue weighted by Crippen LogP contribution is 2.46. The molecule has 0 spiro atoms. The Hall–Kier alpha value is 0.0300. The number of quaternary nitrogens is 1. The van der Waals surface area contributed by atoms with Gasteiger partial charge in [-0.1, -0.05) is 0 Å². The van der Waals surface area contributed by atoms with E-state index in [1.165, 1.54) is 0 Å². The van der Waals surface area contributed by atoms with Gasteiger partial charge in [0, 0.05) is 6.66 Å². The topological polar surface area (TPSA) is 48.0 Å². The van der Waals surface area contributed by atoms with Crippen LogP contribution in [0.15, 0.2) is 0 Å². The van der Waals surface area contributed by atoms with Crippen LogP contribution in [0.25, 0.3) is 0 Å². The summed E-state index contributed by atoms with van der Waals surface area (Å²) in [4.78, 5) is 0. The van der Waals surface area contributed by atoms with Crippen molar-refractivity contribution in [2.75, 3.05) is 61.2 Å². The van der Waals surface area contributed by atoms with E-state index < -0.39 is 13.3 Å². The van der Waals surface area contributed by atoms with Crippen LogP contribution in [0, 0.1) is 0 Å². The first-order valence-electron chi connectivity index (χ1n) is 6.97. The van der Waals surface area contributed by atoms with Crippen molar-refractivity contribution in [1.29, 1.82) is 0 Å². The molecule has 1 fully saturated rings. The summed E-state index contributed by atoms with van der Waals surface area (Å²) in [5, 5.41) is 0. The Kier molecular flexibility index (Phi) is 5.81. The van der Waals surface area contributed by atoms with Crippen LogP contribution in [0.3, 0.4) is 0 Å². The standard InChI is InChI=1S/C13H30N2O4P/c1-13(2)17-10-12(19-13)11-18-20(7,16)14(3)8-9-15(4,5)6/h12H,8-11H2,1-7H3/q+1. The van der Waals surface area contributed by atoms with Gasteiger partial charge in [0.1, 0.15) is 6.10 Å². The van der Waals surface area contributed by atoms with E-state index in [1.807, 2.05) is 20.9 Å². The molecule has 0 bridgehead atoms. The molecule has 2 atom stereocenters. The van der Waals surface area contributed by atoms with Crippen molar-refractivity contribution in [3.8, 4) is 0 Å². The second kappa shape index (κ2) is 6.42. The predicted molar refractivity (Wildman–Crippen MR) is 79.9 cm³/mol. The molecule has 7 heteroatoms. The van der Waals surface area contributed by atoms with Gasteiger partial charge in [-0.05, 0) is 20.9 Å². The SMILES string of the molecule is CN(CC[N+](C)(C)C)P(C)(=O)OCC1COC(C)(C)O1. The van der Waals surface area contributed by atoms with E-state index in [2.05, 4.69) is 21.1 Å². The summed E-state index contributed by atoms with van der Waals surface area (Å²) in [7, 11) is 5.40. The summed E-state index contributed by atoms with van der Waals surface area (Å²) < 4.78 is 31.9. The van der Waals surface area contributed by atoms with Crippen LogP contribution in [0.5, 0.6) is 0 Å². The minimum atomic E-state index is -2.78. The van der Waals surface area contributed by atoms with Crippen LogP contribution in [0.2, 0.25) is 0 Å². The smallest absolute Gasteiger partial charge is 0.269 e. The van der Waals surface area contributed by atoms with E-state index in [9.17, 15) is 4.57 Å². The summed E-state index contributed by atoms with van der Waals surface area (Å²) in [6, 6.07) is 0. The van der Waals surface area contributed by atoms with Gasteiger partial charge in [-0.2, -0.15) is 0 Å². The summed E-state index contributed by atoms with van der Waals surface area (Å²) in [5.74, 6) is -0.568. The first kappa shape index (κ1) is 18.1. The summed E-state index contributed by atoms with van der Waals surface area (Å²) in [6.07, 6.45) is -0.148. The molecule has 0 radical (unpaired) electrons. The van der Waals surface area contributed by atoms with E-state index >= 15 is 0 Å². The van der Waals surface area contributed by atoms with Gasteiger partial charge in [-0.15, -0.1) is 0 Å². The molecule has 0 aromatic carbocycles. The second-order valence-corrected chi connectivity index (χ2v) is 9.49. The Morgan fingerprint density at radius 1 is 1.40 bits per heavy atom. The number of hydrogen-bond acceptors (Lipinski definition) is 4. The van der Waals surface area contributed by atoms with Gasteiger partial charge in [0.2, 0.25) is 0 Å². The zero-order valence-corrected chi connectivity index (χ0v) is 14.8. The van der Waals surface area contributed by atoms with Crippen LogP contribution in [0.4, 0.5) is 0 Å². The third kappa shape index (κ3) is 6.20. The van der Waals surface area contributed by atoms with Crippen LogP contribution in [0.1, 0.15) is 13.8 Å². The van der Waals surface area contributed by atoms with E-state index in [0.717, 1.165) is 17.6 Å². The fraction of sp³-hybridized carbons (Fsp3) is 1.00. The largest absolute Gasteiger partial charge is 0.348 e. The van der Waals surface area contributed by atoms with E-state index in [4.69, 9.17) is 14.0 Å². The number of likely N-dealkylation sites (N-methyl/N-ethyl adjacent to an activating group) is 2. The molecule has 0 amide bonds. The molecule has 1 rings (SSSR count). The molecule has 0 N–H and O–H groups in total. The lowest BCUT2D eigenvalue weighted by Crippen LogP contribution is -2.40. The maximum Gasteiger partial charge on any atom is 0.269 e. The predicted octanol–water partition coefficient (Wildman–Crippen LogP) is 1.62. The third-order valence-electron chi connectivity index (χ3n) is 3.28. The fourth-order valence-corrected chi connectivity index (χ4v) is 2.88. The van der Waals surface area contributed by atoms with Crippen molar-refractivity contribution in [3.05, 3.63) is 0 Å². The fourth-order valence-electron chi connectivity index (χ4n) is 1.79. The van der Waals surface area contributed by atoms with E-state index in [0.29, 0.717) is 13.2 Å². The number of hydrogen-bond donors (Lipinski definition) is 0. The molecule has 0 saturated carbocycles. The molecule has 1 aliphatic rings. The van der Waals surface area contributed by atoms with Crippen LogP contribution >= 0.6 is 7.52 Å². The highest BCUT2D eigenvalue weighted by atomic mass is 31.2. The maximum atomic E-state index is 12.5. The molecule has 2 unspecified atom stereocenters. The van der Waals surface area contributed by atoms with Crippen molar-refractivity contribution in [3.63, 3.8) is 0 Å². The Labute approximate surface area is 123 Å². The first-order chi connectivity index (χ1) is 8.91. The monoisotopic (exact) mass is 309 g/mol. The van der Waals surface area contributed by atoms with Crippen molar-refractivity contribution < 1.29 is 23.0 Å². The summed E-state index contributed by atoms with van der Waals surface area (Å²) in [6.45, 7) is 7.81. The van der Waals surface area contributed by atoms with Gasteiger partial charge in [0.15, 0.2) is 5.79 Å². The number of ether oxygens (including phenoxy) is 2. The average Bonchev–Trinajstić information content (AvgIpc) is 2.62. The molecule has 1 heterocycles. The highest BCUT2D eigenvalue weighted by molar-refractivity contribution is 7.55. The molecule has 1 aliphatic heterocycles. The van der Waals surface area contributed by atoms with Gasteiger partial charge < -0.3 is 18.5 Å². The van der Waals surface area contributed by atoms with E-state index in [-0.39, 0.29) is 6.10 Å². The molecule has 0 aromatic rings. The molecule has 0 aliphatic carbocycles. The lowest BCUT2D eigenvalue weighted by molar-refractivity contribution is -0.869. The highest BCUT2D eigenvalue weighted by Gasteiger charge is 2.34. The second-order valence-electron chi connectivity index (χ2n) is 6.94. The molecular formula is C13H30N2O4P+. The first-order valence-corrected chi connectivity index (χ1v) is 9.00. The molecule has 1 saturated heterocycles. The summed E-state index contributed by atoms with van der Waals surface area (Å²) >= 11 is 0. The quantitative estimate of drug-likeness (QED) is 0.528. The molecule has 0 aromatic heterocycles. The molecule has 6 nitrogen and oxygen atoms in total. The molecule has 120 valence electrons. The Morgan fingerprint density at radius 2 is 2.00 bits per heavy atom. The van der Waals surface area contributed by atoms with Crippen molar-refractivity contribution in [2.45, 2.75) is 25.7 Å². The Balaban J connectivity index is 2.39. The van der Waals surface area contributed by atoms with Gasteiger partial charge in [0.25, 0.3) is 7.52 Å². The van der Waals surface area contributed by atoms with Gasteiger partial charge in [0.05, 0.1) is 47.4 Å². The summed E-state index contributed by atoms with van der Waals surface area (Å²) in [5.41, 5.74) is 0. The van der Waals surface area contributed by atoms with Crippen molar-refractivity contribution >= 4 is 7.52 Å². The zero-order valence-electron chi connectivity index (χ0n) is 13.9. The molecular weight excluding hydrogens is 279 g/mol. The number of rotatable bonds is 7. The lowest BCUT2D eigenvalue weighted by Gasteiger charge is -2.30. The normalized spacial score (nSPS) is 25.9. The lowest BCUT2D eigenvalue weighted by atomic mass is 10.4. The van der Waals surface area contributed by atoms with E-state index in [1.54, 1.807) is 11.3 Å². The van der Waals surface area contributed by atoms with Crippen LogP contribution in [-0.2, 0) is 18.6 Å².